The van der Waals surface area contributed by atoms with E-state index < -0.39 is 5.41 Å². The lowest BCUT2D eigenvalue weighted by molar-refractivity contribution is 0.0770. The summed E-state index contributed by atoms with van der Waals surface area (Å²) in [6.45, 7) is 4.60. The van der Waals surface area contributed by atoms with E-state index in [1.54, 1.807) is 18.9 Å². The lowest BCUT2D eigenvalue weighted by Crippen LogP contribution is -2.45. The summed E-state index contributed by atoms with van der Waals surface area (Å²) >= 11 is 0. The van der Waals surface area contributed by atoms with Gasteiger partial charge in [0.1, 0.15) is 0 Å². The minimum atomic E-state index is -0.551. The number of aromatic nitrogens is 2. The molecule has 154 valence electrons. The number of rotatable bonds is 5. The zero-order chi connectivity index (χ0) is 20.4. The molecule has 2 atom stereocenters. The third-order valence-corrected chi connectivity index (χ3v) is 5.74. The van der Waals surface area contributed by atoms with Gasteiger partial charge in [-0.2, -0.15) is 4.98 Å². The van der Waals surface area contributed by atoms with Crippen LogP contribution in [0.2, 0.25) is 0 Å². The highest BCUT2D eigenvalue weighted by Gasteiger charge is 2.58. The van der Waals surface area contributed by atoms with Crippen LogP contribution in [0.3, 0.4) is 0 Å². The fourth-order valence-corrected chi connectivity index (χ4v) is 4.31. The molecule has 3 heterocycles. The second-order valence-electron chi connectivity index (χ2n) is 7.66. The molecule has 0 radical (unpaired) electrons. The number of aryl methyl sites for hydroxylation is 1. The molecule has 0 aliphatic carbocycles. The summed E-state index contributed by atoms with van der Waals surface area (Å²) < 4.78 is 10.5. The van der Waals surface area contributed by atoms with Gasteiger partial charge in [-0.1, -0.05) is 23.4 Å². The lowest BCUT2D eigenvalue weighted by Gasteiger charge is -2.26. The van der Waals surface area contributed by atoms with Gasteiger partial charge in [0.15, 0.2) is 5.82 Å². The number of fused-ring (bicyclic) bond motifs is 1. The van der Waals surface area contributed by atoms with Crippen molar-refractivity contribution in [3.63, 3.8) is 0 Å². The standard InChI is InChI=1S/C20H25N5O4/c1-14-22-18(29-23-14)20-12-24(17(26)15-6-4-3-5-7-15)10-16(20)11-25(13-20)19(27)21-8-9-28-2/h3-7,16H,8-13H2,1-2H3,(H,21,27)/t16-,20-/m1/s1. The van der Waals surface area contributed by atoms with Crippen LogP contribution in [0, 0.1) is 12.8 Å². The van der Waals surface area contributed by atoms with Crippen LogP contribution in [0.1, 0.15) is 22.1 Å². The number of urea groups is 1. The largest absolute Gasteiger partial charge is 0.383 e. The molecule has 1 aromatic heterocycles. The first kappa shape index (κ1) is 19.4. The quantitative estimate of drug-likeness (QED) is 0.755. The molecule has 9 heteroatoms. The summed E-state index contributed by atoms with van der Waals surface area (Å²) in [5.41, 5.74) is 0.100. The van der Waals surface area contributed by atoms with Crippen LogP contribution in [-0.4, -0.2) is 78.3 Å². The van der Waals surface area contributed by atoms with Gasteiger partial charge in [-0.05, 0) is 19.1 Å². The molecule has 0 saturated carbocycles. The molecule has 1 N–H and O–H groups in total. The van der Waals surface area contributed by atoms with Crippen molar-refractivity contribution in [3.8, 4) is 0 Å². The van der Waals surface area contributed by atoms with E-state index in [9.17, 15) is 9.59 Å². The van der Waals surface area contributed by atoms with Gasteiger partial charge in [0, 0.05) is 51.3 Å². The molecule has 29 heavy (non-hydrogen) atoms. The van der Waals surface area contributed by atoms with Crippen molar-refractivity contribution in [2.75, 3.05) is 46.4 Å². The van der Waals surface area contributed by atoms with E-state index >= 15 is 0 Å². The van der Waals surface area contributed by atoms with Crippen LogP contribution in [0.25, 0.3) is 0 Å². The van der Waals surface area contributed by atoms with E-state index in [4.69, 9.17) is 9.26 Å². The molecule has 0 bridgehead atoms. The third-order valence-electron chi connectivity index (χ3n) is 5.74. The molecule has 2 aliphatic rings. The molecule has 3 amide bonds. The highest BCUT2D eigenvalue weighted by atomic mass is 16.5. The highest BCUT2D eigenvalue weighted by molar-refractivity contribution is 5.94. The molecule has 2 fully saturated rings. The highest BCUT2D eigenvalue weighted by Crippen LogP contribution is 2.44. The Bertz CT molecular complexity index is 886. The van der Waals surface area contributed by atoms with Crippen molar-refractivity contribution < 1.29 is 18.8 Å². The van der Waals surface area contributed by atoms with Crippen LogP contribution < -0.4 is 5.32 Å². The van der Waals surface area contributed by atoms with E-state index in [1.807, 2.05) is 35.2 Å². The summed E-state index contributed by atoms with van der Waals surface area (Å²) in [6.07, 6.45) is 0. The zero-order valence-corrected chi connectivity index (χ0v) is 16.6. The topological polar surface area (TPSA) is 101 Å². The zero-order valence-electron chi connectivity index (χ0n) is 16.6. The molecule has 0 spiro atoms. The maximum atomic E-state index is 13.0. The maximum absolute atomic E-state index is 13.0. The van der Waals surface area contributed by atoms with Crippen molar-refractivity contribution in [2.24, 2.45) is 5.92 Å². The van der Waals surface area contributed by atoms with Gasteiger partial charge in [-0.15, -0.1) is 0 Å². The first-order valence-electron chi connectivity index (χ1n) is 9.70. The number of likely N-dealkylation sites (tertiary alicyclic amines) is 2. The fraction of sp³-hybridized carbons (Fsp3) is 0.500. The number of methoxy groups -OCH3 is 1. The average Bonchev–Trinajstić information content (AvgIpc) is 3.40. The van der Waals surface area contributed by atoms with Gasteiger partial charge < -0.3 is 24.4 Å². The Labute approximate surface area is 169 Å². The predicted molar refractivity (Wildman–Crippen MR) is 103 cm³/mol. The van der Waals surface area contributed by atoms with Crippen LogP contribution in [-0.2, 0) is 10.2 Å². The second kappa shape index (κ2) is 7.82. The monoisotopic (exact) mass is 399 g/mol. The van der Waals surface area contributed by atoms with E-state index in [0.717, 1.165) is 0 Å². The number of nitrogens with zero attached hydrogens (tertiary/aromatic N) is 4. The summed E-state index contributed by atoms with van der Waals surface area (Å²) in [6, 6.07) is 9.08. The number of carbonyl (C=O) groups is 2. The SMILES string of the molecule is COCCNC(=O)N1C[C@H]2CN(C(=O)c3ccccc3)C[C@@]2(c2nc(C)no2)C1. The maximum Gasteiger partial charge on any atom is 0.317 e. The van der Waals surface area contributed by atoms with Crippen molar-refractivity contribution in [2.45, 2.75) is 12.3 Å². The van der Waals surface area contributed by atoms with Crippen LogP contribution >= 0.6 is 0 Å². The minimum absolute atomic E-state index is 0.0216. The average molecular weight is 399 g/mol. The summed E-state index contributed by atoms with van der Waals surface area (Å²) in [5.74, 6) is 1.05. The molecule has 9 nitrogen and oxygen atoms in total. The third kappa shape index (κ3) is 3.57. The molecule has 2 aromatic rings. The molecule has 0 unspecified atom stereocenters. The van der Waals surface area contributed by atoms with Gasteiger partial charge in [0.05, 0.1) is 12.0 Å². The van der Waals surface area contributed by atoms with Crippen molar-refractivity contribution in [1.29, 1.82) is 0 Å². The minimum Gasteiger partial charge on any atom is -0.383 e. The van der Waals surface area contributed by atoms with Gasteiger partial charge in [-0.25, -0.2) is 4.79 Å². The van der Waals surface area contributed by atoms with E-state index in [1.165, 1.54) is 0 Å². The lowest BCUT2D eigenvalue weighted by atomic mass is 9.81. The number of benzene rings is 1. The molecule has 4 rings (SSSR count). The normalized spacial score (nSPS) is 23.3. The number of ether oxygens (including phenoxy) is 1. The van der Waals surface area contributed by atoms with E-state index in [2.05, 4.69) is 15.5 Å². The Hall–Kier alpha value is -2.94. The summed E-state index contributed by atoms with van der Waals surface area (Å²) in [7, 11) is 1.59. The fourth-order valence-electron chi connectivity index (χ4n) is 4.31. The first-order chi connectivity index (χ1) is 14.0. The van der Waals surface area contributed by atoms with Crippen LogP contribution in [0.15, 0.2) is 34.9 Å². The van der Waals surface area contributed by atoms with Crippen LogP contribution in [0.5, 0.6) is 0 Å². The number of hydrogen-bond donors (Lipinski definition) is 1. The smallest absolute Gasteiger partial charge is 0.317 e. The van der Waals surface area contributed by atoms with Crippen molar-refractivity contribution in [1.82, 2.24) is 25.3 Å². The second-order valence-corrected chi connectivity index (χ2v) is 7.66. The Balaban J connectivity index is 1.56. The Morgan fingerprint density at radius 1 is 1.24 bits per heavy atom. The number of amides is 3. The van der Waals surface area contributed by atoms with Gasteiger partial charge >= 0.3 is 6.03 Å². The number of carbonyl (C=O) groups excluding carboxylic acids is 2. The first-order valence-corrected chi connectivity index (χ1v) is 9.70. The Morgan fingerprint density at radius 3 is 2.66 bits per heavy atom. The molecule has 1 aromatic carbocycles. The molecule has 2 aliphatic heterocycles. The number of hydrogen-bond acceptors (Lipinski definition) is 6. The summed E-state index contributed by atoms with van der Waals surface area (Å²) in [4.78, 5) is 33.6. The molecule has 2 saturated heterocycles. The van der Waals surface area contributed by atoms with E-state index in [0.29, 0.717) is 56.6 Å². The van der Waals surface area contributed by atoms with Gasteiger partial charge in [0.25, 0.3) is 5.91 Å². The van der Waals surface area contributed by atoms with Gasteiger partial charge in [0.2, 0.25) is 5.89 Å². The molecular weight excluding hydrogens is 374 g/mol. The Kier molecular flexibility index (Phi) is 5.23. The van der Waals surface area contributed by atoms with Gasteiger partial charge in [-0.3, -0.25) is 4.79 Å². The van der Waals surface area contributed by atoms with E-state index in [-0.39, 0.29) is 17.9 Å². The predicted octanol–water partition coefficient (Wildman–Crippen LogP) is 1.06. The Morgan fingerprint density at radius 2 is 1.97 bits per heavy atom. The number of nitrogens with one attached hydrogen (secondary N) is 1. The van der Waals surface area contributed by atoms with Crippen molar-refractivity contribution >= 4 is 11.9 Å². The summed E-state index contributed by atoms with van der Waals surface area (Å²) in [5, 5.41) is 6.81. The van der Waals surface area contributed by atoms with Crippen molar-refractivity contribution in [3.05, 3.63) is 47.6 Å². The molecular formula is C20H25N5O4. The van der Waals surface area contributed by atoms with Crippen LogP contribution in [0.4, 0.5) is 4.79 Å².